The first-order valence-electron chi connectivity index (χ1n) is 14.4. The van der Waals surface area contributed by atoms with Crippen molar-refractivity contribution in [3.63, 3.8) is 0 Å². The Labute approximate surface area is 252 Å². The highest BCUT2D eigenvalue weighted by atomic mass is 35.5. The lowest BCUT2D eigenvalue weighted by Crippen LogP contribution is -2.46. The SMILES string of the molecule is CCc1nc2c(C)cc(-c3ccc(CN4CCN(CCO)CC4)cc3)cn2c1NC(=O)NCc1ccc(OC)c(Cl)c1. The van der Waals surface area contributed by atoms with Gasteiger partial charge in [0.05, 0.1) is 24.4 Å². The molecular weight excluding hydrogens is 552 g/mol. The maximum atomic E-state index is 13.0. The van der Waals surface area contributed by atoms with E-state index in [1.165, 1.54) is 5.56 Å². The number of nitrogens with zero attached hydrogens (tertiary/aromatic N) is 4. The summed E-state index contributed by atoms with van der Waals surface area (Å²) in [5, 5.41) is 15.6. The minimum absolute atomic E-state index is 0.219. The van der Waals surface area contributed by atoms with Crippen LogP contribution in [0.2, 0.25) is 5.02 Å². The Kier molecular flexibility index (Phi) is 9.64. The summed E-state index contributed by atoms with van der Waals surface area (Å²) in [6.07, 6.45) is 2.73. The number of carbonyl (C=O) groups excluding carboxylic acids is 1. The zero-order chi connectivity index (χ0) is 29.6. The Morgan fingerprint density at radius 1 is 1.02 bits per heavy atom. The number of benzene rings is 2. The van der Waals surface area contributed by atoms with Gasteiger partial charge < -0.3 is 15.2 Å². The van der Waals surface area contributed by atoms with E-state index in [1.54, 1.807) is 19.2 Å². The molecule has 0 aliphatic carbocycles. The first-order chi connectivity index (χ1) is 20.4. The predicted molar refractivity (Wildman–Crippen MR) is 167 cm³/mol. The zero-order valence-electron chi connectivity index (χ0n) is 24.5. The molecule has 42 heavy (non-hydrogen) atoms. The number of hydrogen-bond acceptors (Lipinski definition) is 6. The maximum Gasteiger partial charge on any atom is 0.320 e. The van der Waals surface area contributed by atoms with Crippen molar-refractivity contribution < 1.29 is 14.6 Å². The average molecular weight is 591 g/mol. The number of aliphatic hydroxyl groups is 1. The van der Waals surface area contributed by atoms with Crippen LogP contribution in [0.15, 0.2) is 54.7 Å². The molecule has 9 nitrogen and oxygen atoms in total. The van der Waals surface area contributed by atoms with Crippen LogP contribution in [0.3, 0.4) is 0 Å². The quantitative estimate of drug-likeness (QED) is 0.242. The van der Waals surface area contributed by atoms with Gasteiger partial charge in [-0.25, -0.2) is 9.78 Å². The number of β-amino-alcohol motifs (C(OH)–C–C–N with tert-alkyl or cyclic N) is 1. The largest absolute Gasteiger partial charge is 0.495 e. The van der Waals surface area contributed by atoms with Gasteiger partial charge >= 0.3 is 6.03 Å². The molecule has 0 radical (unpaired) electrons. The van der Waals surface area contributed by atoms with E-state index in [1.807, 2.05) is 30.5 Å². The standard InChI is InChI=1S/C32H39ClN6O3/c1-4-28-31(36-32(41)34-19-24-7-10-29(42-3)27(33)18-24)39-21-26(17-22(2)30(39)35-28)25-8-5-23(6-9-25)20-38-13-11-37(12-14-38)15-16-40/h5-10,17-18,21,40H,4,11-16,19-20H2,1-3H3,(H2,34,36,41). The summed E-state index contributed by atoms with van der Waals surface area (Å²) in [6, 6.07) is 16.0. The van der Waals surface area contributed by atoms with Crippen molar-refractivity contribution in [1.82, 2.24) is 24.5 Å². The maximum absolute atomic E-state index is 13.0. The smallest absolute Gasteiger partial charge is 0.320 e. The molecule has 1 saturated heterocycles. The van der Waals surface area contributed by atoms with Crippen LogP contribution in [-0.2, 0) is 19.5 Å². The number of aromatic nitrogens is 2. The van der Waals surface area contributed by atoms with Gasteiger partial charge in [-0.2, -0.15) is 0 Å². The van der Waals surface area contributed by atoms with E-state index in [9.17, 15) is 9.90 Å². The third kappa shape index (κ3) is 6.87. The molecule has 0 bridgehead atoms. The number of amides is 2. The summed E-state index contributed by atoms with van der Waals surface area (Å²) in [5.41, 5.74) is 7.00. The van der Waals surface area contributed by atoms with Crippen LogP contribution in [-0.4, -0.2) is 76.8 Å². The second-order valence-corrected chi connectivity index (χ2v) is 11.1. The van der Waals surface area contributed by atoms with E-state index in [0.29, 0.717) is 29.6 Å². The number of hydrogen-bond donors (Lipinski definition) is 3. The molecule has 2 amide bonds. The van der Waals surface area contributed by atoms with Crippen molar-refractivity contribution in [3.8, 4) is 16.9 Å². The van der Waals surface area contributed by atoms with Crippen LogP contribution in [0.1, 0.15) is 29.3 Å². The molecule has 3 N–H and O–H groups in total. The number of piperazine rings is 1. The second-order valence-electron chi connectivity index (χ2n) is 10.7. The molecule has 222 valence electrons. The summed E-state index contributed by atoms with van der Waals surface area (Å²) in [4.78, 5) is 22.6. The fourth-order valence-corrected chi connectivity index (χ4v) is 5.70. The number of carbonyl (C=O) groups is 1. The number of halogens is 1. The number of ether oxygens (including phenoxy) is 1. The zero-order valence-corrected chi connectivity index (χ0v) is 25.2. The van der Waals surface area contributed by atoms with Crippen molar-refractivity contribution in [2.75, 3.05) is 51.8 Å². The third-order valence-electron chi connectivity index (χ3n) is 7.79. The Balaban J connectivity index is 1.29. The lowest BCUT2D eigenvalue weighted by molar-refractivity contribution is 0.108. The highest BCUT2D eigenvalue weighted by molar-refractivity contribution is 6.32. The first kappa shape index (κ1) is 29.8. The summed E-state index contributed by atoms with van der Waals surface area (Å²) < 4.78 is 7.19. The van der Waals surface area contributed by atoms with Crippen molar-refractivity contribution in [3.05, 3.63) is 82.1 Å². The van der Waals surface area contributed by atoms with Crippen molar-refractivity contribution in [1.29, 1.82) is 0 Å². The Morgan fingerprint density at radius 2 is 1.74 bits per heavy atom. The number of pyridine rings is 1. The lowest BCUT2D eigenvalue weighted by atomic mass is 10.0. The number of imidazole rings is 1. The molecule has 0 atom stereocenters. The van der Waals surface area contributed by atoms with E-state index < -0.39 is 0 Å². The van der Waals surface area contributed by atoms with Gasteiger partial charge in [0, 0.05) is 52.0 Å². The topological polar surface area (TPSA) is 94.4 Å². The molecule has 0 saturated carbocycles. The second kappa shape index (κ2) is 13.6. The summed E-state index contributed by atoms with van der Waals surface area (Å²) in [7, 11) is 1.57. The fraction of sp³-hybridized carbons (Fsp3) is 0.375. The fourth-order valence-electron chi connectivity index (χ4n) is 5.42. The Hall–Kier alpha value is -3.63. The molecule has 3 heterocycles. The van der Waals surface area contributed by atoms with Crippen LogP contribution in [0.5, 0.6) is 5.75 Å². The molecule has 0 unspecified atom stereocenters. The van der Waals surface area contributed by atoms with E-state index in [4.69, 9.17) is 21.3 Å². The van der Waals surface area contributed by atoms with E-state index in [2.05, 4.69) is 50.8 Å². The van der Waals surface area contributed by atoms with Crippen molar-refractivity contribution in [2.24, 2.45) is 0 Å². The molecule has 4 aromatic rings. The number of aliphatic hydroxyl groups excluding tert-OH is 1. The van der Waals surface area contributed by atoms with Gasteiger partial charge in [0.25, 0.3) is 0 Å². The predicted octanol–water partition coefficient (Wildman–Crippen LogP) is 4.97. The number of fused-ring (bicyclic) bond motifs is 1. The van der Waals surface area contributed by atoms with Crippen LogP contribution >= 0.6 is 11.6 Å². The number of nitrogens with one attached hydrogen (secondary N) is 2. The highest BCUT2D eigenvalue weighted by Gasteiger charge is 2.18. The monoisotopic (exact) mass is 590 g/mol. The molecule has 0 spiro atoms. The van der Waals surface area contributed by atoms with E-state index in [0.717, 1.165) is 72.9 Å². The van der Waals surface area contributed by atoms with Gasteiger partial charge in [0.1, 0.15) is 17.2 Å². The Morgan fingerprint density at radius 3 is 2.40 bits per heavy atom. The molecule has 2 aromatic carbocycles. The lowest BCUT2D eigenvalue weighted by Gasteiger charge is -2.34. The molecule has 10 heteroatoms. The van der Waals surface area contributed by atoms with Crippen LogP contribution in [0.25, 0.3) is 16.8 Å². The number of rotatable bonds is 10. The molecule has 5 rings (SSSR count). The average Bonchev–Trinajstić information content (AvgIpc) is 3.35. The molecule has 2 aromatic heterocycles. The molecular formula is C32H39ClN6O3. The normalized spacial score (nSPS) is 14.3. The number of aryl methyl sites for hydroxylation is 2. The third-order valence-corrected chi connectivity index (χ3v) is 8.08. The minimum atomic E-state index is -0.317. The van der Waals surface area contributed by atoms with Crippen LogP contribution in [0.4, 0.5) is 10.6 Å². The Bertz CT molecular complexity index is 1530. The minimum Gasteiger partial charge on any atom is -0.495 e. The first-order valence-corrected chi connectivity index (χ1v) is 14.8. The molecule has 1 aliphatic rings. The van der Waals surface area contributed by atoms with Crippen molar-refractivity contribution >= 4 is 29.1 Å². The summed E-state index contributed by atoms with van der Waals surface area (Å²) >= 11 is 6.24. The van der Waals surface area contributed by atoms with Gasteiger partial charge in [-0.05, 0) is 59.4 Å². The van der Waals surface area contributed by atoms with Gasteiger partial charge in [-0.15, -0.1) is 0 Å². The van der Waals surface area contributed by atoms with Crippen LogP contribution < -0.4 is 15.4 Å². The number of methoxy groups -OCH3 is 1. The highest BCUT2D eigenvalue weighted by Crippen LogP contribution is 2.28. The summed E-state index contributed by atoms with van der Waals surface area (Å²) in [6.45, 7) is 10.3. The molecule has 1 fully saturated rings. The van der Waals surface area contributed by atoms with Gasteiger partial charge in [0.2, 0.25) is 0 Å². The van der Waals surface area contributed by atoms with Gasteiger partial charge in [-0.1, -0.05) is 48.9 Å². The number of urea groups is 1. The van der Waals surface area contributed by atoms with Gasteiger partial charge in [0.15, 0.2) is 0 Å². The number of anilines is 1. The molecule has 1 aliphatic heterocycles. The van der Waals surface area contributed by atoms with Crippen molar-refractivity contribution in [2.45, 2.75) is 33.4 Å². The van der Waals surface area contributed by atoms with Gasteiger partial charge in [-0.3, -0.25) is 19.5 Å². The van der Waals surface area contributed by atoms with E-state index in [-0.39, 0.29) is 12.6 Å². The summed E-state index contributed by atoms with van der Waals surface area (Å²) in [5.74, 6) is 1.26. The van der Waals surface area contributed by atoms with Crippen LogP contribution in [0, 0.1) is 6.92 Å². The van der Waals surface area contributed by atoms with E-state index >= 15 is 0 Å².